The molecule has 0 saturated carbocycles. The van der Waals surface area contributed by atoms with Crippen molar-refractivity contribution in [3.63, 3.8) is 0 Å². The highest BCUT2D eigenvalue weighted by molar-refractivity contribution is 5.72. The summed E-state index contributed by atoms with van der Waals surface area (Å²) in [6, 6.07) is 7.16. The summed E-state index contributed by atoms with van der Waals surface area (Å²) >= 11 is 0. The average Bonchev–Trinajstić information content (AvgIpc) is 3.01. The maximum Gasteiger partial charge on any atom is 0.320 e. The molecular formula is C16H21N3O3. The summed E-state index contributed by atoms with van der Waals surface area (Å²) in [5.74, 6) is -0.0481. The second-order valence-electron chi connectivity index (χ2n) is 5.19. The van der Waals surface area contributed by atoms with E-state index >= 15 is 0 Å². The molecule has 0 amide bonds. The van der Waals surface area contributed by atoms with Gasteiger partial charge in [0.05, 0.1) is 12.9 Å². The van der Waals surface area contributed by atoms with E-state index in [0.29, 0.717) is 13.2 Å². The van der Waals surface area contributed by atoms with Gasteiger partial charge in [-0.2, -0.15) is 0 Å². The van der Waals surface area contributed by atoms with Crippen molar-refractivity contribution in [2.24, 2.45) is 0 Å². The van der Waals surface area contributed by atoms with E-state index in [1.165, 1.54) is 0 Å². The molecule has 2 rings (SSSR count). The van der Waals surface area contributed by atoms with Crippen molar-refractivity contribution in [2.75, 3.05) is 13.7 Å². The van der Waals surface area contributed by atoms with Crippen LogP contribution in [-0.2, 0) is 17.9 Å². The largest absolute Gasteiger partial charge is 0.491 e. The minimum Gasteiger partial charge on any atom is -0.491 e. The molecule has 22 heavy (non-hydrogen) atoms. The lowest BCUT2D eigenvalue weighted by atomic mass is 10.1. The summed E-state index contributed by atoms with van der Waals surface area (Å²) in [7, 11) is 1.79. The summed E-state index contributed by atoms with van der Waals surface area (Å²) in [5.41, 5.74) is 0.976. The molecule has 6 nitrogen and oxygen atoms in total. The van der Waals surface area contributed by atoms with Crippen LogP contribution in [0.15, 0.2) is 43.0 Å². The molecule has 1 aromatic heterocycles. The van der Waals surface area contributed by atoms with Gasteiger partial charge in [-0.05, 0) is 20.0 Å². The van der Waals surface area contributed by atoms with Gasteiger partial charge in [0.25, 0.3) is 0 Å². The molecule has 0 bridgehead atoms. The quantitative estimate of drug-likeness (QED) is 0.806. The molecule has 0 aliphatic heterocycles. The summed E-state index contributed by atoms with van der Waals surface area (Å²) < 4.78 is 7.77. The van der Waals surface area contributed by atoms with Crippen LogP contribution in [0.1, 0.15) is 12.5 Å². The number of aliphatic carboxylic acids is 1. The van der Waals surface area contributed by atoms with E-state index in [0.717, 1.165) is 17.9 Å². The smallest absolute Gasteiger partial charge is 0.320 e. The van der Waals surface area contributed by atoms with Crippen LogP contribution < -0.4 is 4.74 Å². The molecule has 0 radical (unpaired) electrons. The van der Waals surface area contributed by atoms with E-state index in [1.54, 1.807) is 31.4 Å². The first-order valence-corrected chi connectivity index (χ1v) is 7.17. The highest BCUT2D eigenvalue weighted by Crippen LogP contribution is 2.20. The second kappa shape index (κ2) is 7.61. The number of benzene rings is 1. The van der Waals surface area contributed by atoms with Gasteiger partial charge in [0, 0.05) is 24.5 Å². The third kappa shape index (κ3) is 4.33. The Morgan fingerprint density at radius 1 is 1.45 bits per heavy atom. The molecule has 1 atom stereocenters. The molecule has 1 heterocycles. The summed E-state index contributed by atoms with van der Waals surface area (Å²) in [6.07, 6.45) is 5.37. The Balaban J connectivity index is 1.95. The Morgan fingerprint density at radius 3 is 2.91 bits per heavy atom. The molecule has 0 spiro atoms. The van der Waals surface area contributed by atoms with Crippen LogP contribution in [0.4, 0.5) is 0 Å². The Labute approximate surface area is 130 Å². The summed E-state index contributed by atoms with van der Waals surface area (Å²) in [5, 5.41) is 9.07. The standard InChI is InChI=1S/C16H21N3O3/c1-13(16(20)21)18(2)11-14-5-3-4-6-15(14)22-10-9-19-8-7-17-12-19/h3-8,12-13H,9-11H2,1-2H3,(H,20,21)/t13-/m1/s1. The third-order valence-electron chi connectivity index (χ3n) is 3.58. The monoisotopic (exact) mass is 303 g/mol. The van der Waals surface area contributed by atoms with Crippen molar-refractivity contribution >= 4 is 5.97 Å². The highest BCUT2D eigenvalue weighted by atomic mass is 16.5. The number of hydrogen-bond acceptors (Lipinski definition) is 4. The van der Waals surface area contributed by atoms with Gasteiger partial charge in [-0.1, -0.05) is 18.2 Å². The van der Waals surface area contributed by atoms with Gasteiger partial charge in [0.15, 0.2) is 0 Å². The molecule has 1 aromatic carbocycles. The zero-order valence-corrected chi connectivity index (χ0v) is 12.8. The minimum atomic E-state index is -0.832. The number of ether oxygens (including phenoxy) is 1. The van der Waals surface area contributed by atoms with Crippen molar-refractivity contribution in [3.8, 4) is 5.75 Å². The van der Waals surface area contributed by atoms with Gasteiger partial charge in [-0.15, -0.1) is 0 Å². The maximum atomic E-state index is 11.0. The first kappa shape index (κ1) is 16.0. The van der Waals surface area contributed by atoms with Crippen molar-refractivity contribution in [1.29, 1.82) is 0 Å². The number of carboxylic acids is 1. The molecule has 118 valence electrons. The summed E-state index contributed by atoms with van der Waals surface area (Å²) in [4.78, 5) is 16.8. The van der Waals surface area contributed by atoms with Gasteiger partial charge in [-0.25, -0.2) is 4.98 Å². The van der Waals surface area contributed by atoms with E-state index in [4.69, 9.17) is 9.84 Å². The molecule has 0 aliphatic rings. The molecule has 0 aliphatic carbocycles. The van der Waals surface area contributed by atoms with Crippen molar-refractivity contribution in [1.82, 2.24) is 14.5 Å². The van der Waals surface area contributed by atoms with E-state index < -0.39 is 12.0 Å². The van der Waals surface area contributed by atoms with E-state index in [-0.39, 0.29) is 0 Å². The maximum absolute atomic E-state index is 11.0. The number of hydrogen-bond donors (Lipinski definition) is 1. The van der Waals surface area contributed by atoms with Gasteiger partial charge in [0.1, 0.15) is 18.4 Å². The molecule has 1 N–H and O–H groups in total. The highest BCUT2D eigenvalue weighted by Gasteiger charge is 2.18. The Bertz CT molecular complexity index is 598. The second-order valence-corrected chi connectivity index (χ2v) is 5.19. The fourth-order valence-electron chi connectivity index (χ4n) is 2.05. The Kier molecular flexibility index (Phi) is 5.55. The molecule has 0 saturated heterocycles. The van der Waals surface area contributed by atoms with Gasteiger partial charge >= 0.3 is 5.97 Å². The lowest BCUT2D eigenvalue weighted by Gasteiger charge is -2.22. The SMILES string of the molecule is C[C@H](C(=O)O)N(C)Cc1ccccc1OCCn1ccnc1. The normalized spacial score (nSPS) is 12.3. The van der Waals surface area contributed by atoms with Crippen LogP contribution >= 0.6 is 0 Å². The van der Waals surface area contributed by atoms with Gasteiger partial charge < -0.3 is 14.4 Å². The van der Waals surface area contributed by atoms with Crippen LogP contribution in [0.5, 0.6) is 5.75 Å². The van der Waals surface area contributed by atoms with Gasteiger partial charge in [0.2, 0.25) is 0 Å². The topological polar surface area (TPSA) is 67.6 Å². The number of nitrogens with zero attached hydrogens (tertiary/aromatic N) is 3. The number of likely N-dealkylation sites (N-methyl/N-ethyl adjacent to an activating group) is 1. The Hall–Kier alpha value is -2.34. The zero-order valence-electron chi connectivity index (χ0n) is 12.8. The number of rotatable bonds is 8. The third-order valence-corrected chi connectivity index (χ3v) is 3.58. The lowest BCUT2D eigenvalue weighted by Crippen LogP contribution is -2.35. The van der Waals surface area contributed by atoms with Crippen LogP contribution in [0.25, 0.3) is 0 Å². The van der Waals surface area contributed by atoms with E-state index in [9.17, 15) is 4.79 Å². The van der Waals surface area contributed by atoms with Crippen LogP contribution in [0, 0.1) is 0 Å². The lowest BCUT2D eigenvalue weighted by molar-refractivity contribution is -0.142. The van der Waals surface area contributed by atoms with Crippen LogP contribution in [0.2, 0.25) is 0 Å². The first-order chi connectivity index (χ1) is 10.6. The fourth-order valence-corrected chi connectivity index (χ4v) is 2.05. The predicted molar refractivity (Wildman–Crippen MR) is 82.7 cm³/mol. The molecule has 2 aromatic rings. The molecule has 0 fully saturated rings. The molecule has 0 unspecified atom stereocenters. The van der Waals surface area contributed by atoms with Gasteiger partial charge in [-0.3, -0.25) is 9.69 Å². The number of aromatic nitrogens is 2. The predicted octanol–water partition coefficient (Wildman–Crippen LogP) is 1.87. The number of carbonyl (C=O) groups is 1. The summed E-state index contributed by atoms with van der Waals surface area (Å²) in [6.45, 7) is 3.45. The van der Waals surface area contributed by atoms with Crippen LogP contribution in [0.3, 0.4) is 0 Å². The molecule has 6 heteroatoms. The zero-order chi connectivity index (χ0) is 15.9. The van der Waals surface area contributed by atoms with Crippen molar-refractivity contribution in [2.45, 2.75) is 26.1 Å². The van der Waals surface area contributed by atoms with Crippen LogP contribution in [-0.4, -0.2) is 45.2 Å². The molecular weight excluding hydrogens is 282 g/mol. The van der Waals surface area contributed by atoms with Crippen molar-refractivity contribution in [3.05, 3.63) is 48.5 Å². The number of carboxylic acid groups (broad SMARTS) is 1. The fraction of sp³-hybridized carbons (Fsp3) is 0.375. The van der Waals surface area contributed by atoms with E-state index in [2.05, 4.69) is 4.98 Å². The Morgan fingerprint density at radius 2 is 2.23 bits per heavy atom. The van der Waals surface area contributed by atoms with Crippen molar-refractivity contribution < 1.29 is 14.6 Å². The average molecular weight is 303 g/mol. The number of para-hydroxylation sites is 1. The minimum absolute atomic E-state index is 0.523. The first-order valence-electron chi connectivity index (χ1n) is 7.17. The number of imidazole rings is 1. The van der Waals surface area contributed by atoms with E-state index in [1.807, 2.05) is 35.0 Å².